The highest BCUT2D eigenvalue weighted by atomic mass is 16.4. The standard InChI is InChI=1S/C22H41N3O5/c1-16-21(28)13-20(25-11-10-23-15-25)19(24-16)7-5-3-2-4-6-17(14-26)8-9-18(27)12-22(29)30/h10,16-21,24,26-28H,2-9,11-15H2,1H3,(H,29,30)/t16-,17-,18+,19+,20-,21+/m0/s1. The van der Waals surface area contributed by atoms with Crippen molar-refractivity contribution in [2.24, 2.45) is 10.9 Å². The molecule has 1 saturated heterocycles. The Morgan fingerprint density at radius 3 is 2.70 bits per heavy atom. The van der Waals surface area contributed by atoms with Crippen LogP contribution in [-0.2, 0) is 4.79 Å². The molecule has 0 aliphatic carbocycles. The number of aliphatic imine (C=N–C) groups is 1. The lowest BCUT2D eigenvalue weighted by Gasteiger charge is -2.41. The van der Waals surface area contributed by atoms with Gasteiger partial charge in [-0.3, -0.25) is 0 Å². The first-order chi connectivity index (χ1) is 14.4. The van der Waals surface area contributed by atoms with Crippen molar-refractivity contribution in [3.8, 4) is 0 Å². The Hall–Kier alpha value is -1.06. The van der Waals surface area contributed by atoms with Gasteiger partial charge in [-0.1, -0.05) is 25.7 Å². The van der Waals surface area contributed by atoms with Gasteiger partial charge < -0.3 is 35.4 Å². The summed E-state index contributed by atoms with van der Waals surface area (Å²) < 4.78 is 0. The number of carbonyl (C=O) groups excluding carboxylic acids is 1. The molecular weight excluding hydrogens is 386 g/mol. The number of carbonyl (C=O) groups is 1. The fourth-order valence-electron chi connectivity index (χ4n) is 4.83. The van der Waals surface area contributed by atoms with E-state index >= 15 is 0 Å². The molecule has 0 radical (unpaired) electrons. The van der Waals surface area contributed by atoms with E-state index in [1.54, 1.807) is 0 Å². The molecule has 0 saturated carbocycles. The molecule has 2 heterocycles. The van der Waals surface area contributed by atoms with Crippen LogP contribution < -0.4 is 15.3 Å². The van der Waals surface area contributed by atoms with Crippen molar-refractivity contribution in [2.75, 3.05) is 19.8 Å². The van der Waals surface area contributed by atoms with Gasteiger partial charge in [-0.2, -0.15) is 0 Å². The van der Waals surface area contributed by atoms with Crippen molar-refractivity contribution in [3.63, 3.8) is 0 Å². The molecule has 0 aromatic heterocycles. The first kappa shape index (κ1) is 25.2. The number of aliphatic hydroxyl groups excluding tert-OH is 3. The van der Waals surface area contributed by atoms with Crippen molar-refractivity contribution in [1.29, 1.82) is 0 Å². The lowest BCUT2D eigenvalue weighted by molar-refractivity contribution is -0.914. The van der Waals surface area contributed by atoms with Crippen molar-refractivity contribution >= 4 is 12.2 Å². The van der Waals surface area contributed by atoms with Gasteiger partial charge in [0, 0.05) is 31.5 Å². The Balaban J connectivity index is 1.61. The smallest absolute Gasteiger partial charge is 0.171 e. The third kappa shape index (κ3) is 8.59. The van der Waals surface area contributed by atoms with Crippen LogP contribution >= 0.6 is 0 Å². The number of nitrogens with zero attached hydrogens (tertiary/aromatic N) is 1. The molecule has 0 aromatic carbocycles. The highest BCUT2D eigenvalue weighted by Crippen LogP contribution is 2.20. The Morgan fingerprint density at radius 2 is 2.03 bits per heavy atom. The van der Waals surface area contributed by atoms with Crippen molar-refractivity contribution < 1.29 is 30.1 Å². The fraction of sp³-hybridized carbons (Fsp3) is 0.909. The van der Waals surface area contributed by atoms with Crippen LogP contribution in [0.3, 0.4) is 0 Å². The third-order valence-electron chi connectivity index (χ3n) is 6.78. The van der Waals surface area contributed by atoms with Crippen LogP contribution in [0, 0.1) is 5.92 Å². The number of aliphatic hydroxyl groups is 3. The van der Waals surface area contributed by atoms with Crippen LogP contribution in [-0.4, -0.2) is 77.7 Å². The van der Waals surface area contributed by atoms with Gasteiger partial charge in [0.15, 0.2) is 6.67 Å². The van der Waals surface area contributed by atoms with E-state index in [0.29, 0.717) is 24.9 Å². The Bertz CT molecular complexity index is 525. The zero-order chi connectivity index (χ0) is 21.9. The van der Waals surface area contributed by atoms with Crippen molar-refractivity contribution in [2.45, 2.75) is 101 Å². The average molecular weight is 428 g/mol. The summed E-state index contributed by atoms with van der Waals surface area (Å²) in [5, 5.41) is 43.5. The van der Waals surface area contributed by atoms with Crippen molar-refractivity contribution in [1.82, 2.24) is 5.32 Å². The van der Waals surface area contributed by atoms with Crippen molar-refractivity contribution in [3.05, 3.63) is 0 Å². The maximum absolute atomic E-state index is 10.5. The van der Waals surface area contributed by atoms with E-state index in [0.717, 1.165) is 58.2 Å². The maximum atomic E-state index is 10.5. The molecule has 1 unspecified atom stereocenters. The Labute approximate surface area is 180 Å². The minimum Gasteiger partial charge on any atom is -0.550 e. The molecule has 5 N–H and O–H groups in total. The van der Waals surface area contributed by atoms with Crippen LogP contribution in [0.5, 0.6) is 0 Å². The number of hydrogen-bond donors (Lipinski definition) is 5. The van der Waals surface area contributed by atoms with Gasteiger partial charge in [0.2, 0.25) is 0 Å². The molecule has 30 heavy (non-hydrogen) atoms. The Morgan fingerprint density at radius 1 is 1.27 bits per heavy atom. The van der Waals surface area contributed by atoms with Gasteiger partial charge >= 0.3 is 0 Å². The number of aliphatic carboxylic acids is 1. The van der Waals surface area contributed by atoms with Crippen LogP contribution in [0.2, 0.25) is 0 Å². The lowest BCUT2D eigenvalue weighted by atomic mass is 9.87. The van der Waals surface area contributed by atoms with E-state index < -0.39 is 12.1 Å². The van der Waals surface area contributed by atoms with E-state index in [-0.39, 0.29) is 31.1 Å². The predicted molar refractivity (Wildman–Crippen MR) is 113 cm³/mol. The lowest BCUT2D eigenvalue weighted by Crippen LogP contribution is -3.16. The van der Waals surface area contributed by atoms with Crippen LogP contribution in [0.1, 0.15) is 71.1 Å². The average Bonchev–Trinajstić information content (AvgIpc) is 3.23. The van der Waals surface area contributed by atoms with Gasteiger partial charge in [-0.05, 0) is 38.5 Å². The maximum Gasteiger partial charge on any atom is 0.171 e. The highest BCUT2D eigenvalue weighted by molar-refractivity contribution is 5.64. The normalized spacial score (nSPS) is 31.0. The summed E-state index contributed by atoms with van der Waals surface area (Å²) in [4.78, 5) is 16.3. The largest absolute Gasteiger partial charge is 0.550 e. The minimum atomic E-state index is -1.24. The molecule has 2 aliphatic heterocycles. The number of carboxylic acids is 1. The number of rotatable bonds is 14. The fourth-order valence-corrected chi connectivity index (χ4v) is 4.83. The van der Waals surface area contributed by atoms with Crippen LogP contribution in [0.4, 0.5) is 0 Å². The van der Waals surface area contributed by atoms with E-state index in [4.69, 9.17) is 0 Å². The monoisotopic (exact) mass is 427 g/mol. The van der Waals surface area contributed by atoms with Crippen LogP contribution in [0.25, 0.3) is 0 Å². The third-order valence-corrected chi connectivity index (χ3v) is 6.78. The second-order valence-corrected chi connectivity index (χ2v) is 9.20. The Kier molecular flexibility index (Phi) is 11.2. The zero-order valence-corrected chi connectivity index (χ0v) is 18.3. The highest BCUT2D eigenvalue weighted by Gasteiger charge is 2.39. The SMILES string of the molecule is C[C@@H]1N[C@H](CCCCCC[C@H](CO)CC[C@@H](O)CC(=O)[O-])[C@@H]([NH+]2CC=NC2)C[C@H]1O. The molecule has 2 rings (SSSR count). The number of carboxylic acid groups (broad SMARTS) is 1. The summed E-state index contributed by atoms with van der Waals surface area (Å²) in [6.45, 7) is 3.89. The van der Waals surface area contributed by atoms with E-state index in [1.807, 2.05) is 6.21 Å². The van der Waals surface area contributed by atoms with Gasteiger partial charge in [0.25, 0.3) is 0 Å². The van der Waals surface area contributed by atoms with Crippen LogP contribution in [0.15, 0.2) is 4.99 Å². The quantitative estimate of drug-likeness (QED) is 0.217. The van der Waals surface area contributed by atoms with E-state index in [1.165, 1.54) is 4.90 Å². The summed E-state index contributed by atoms with van der Waals surface area (Å²) >= 11 is 0. The molecular formula is C22H41N3O5. The minimum absolute atomic E-state index is 0.0760. The molecule has 8 nitrogen and oxygen atoms in total. The second-order valence-electron chi connectivity index (χ2n) is 9.20. The zero-order valence-electron chi connectivity index (χ0n) is 18.3. The number of piperidine rings is 1. The van der Waals surface area contributed by atoms with E-state index in [2.05, 4.69) is 17.2 Å². The number of quaternary nitrogens is 1. The molecule has 2 aliphatic rings. The molecule has 1 fully saturated rings. The molecule has 8 heteroatoms. The summed E-state index contributed by atoms with van der Waals surface area (Å²) in [5.74, 6) is -1.12. The molecule has 0 spiro atoms. The first-order valence-electron chi connectivity index (χ1n) is 11.7. The summed E-state index contributed by atoms with van der Waals surface area (Å²) in [6, 6.07) is 0.951. The van der Waals surface area contributed by atoms with E-state index in [9.17, 15) is 25.2 Å². The summed E-state index contributed by atoms with van der Waals surface area (Å²) in [7, 11) is 0. The molecule has 0 amide bonds. The first-order valence-corrected chi connectivity index (χ1v) is 11.7. The van der Waals surface area contributed by atoms with Gasteiger partial charge in [-0.15, -0.1) is 0 Å². The summed E-state index contributed by atoms with van der Waals surface area (Å²) in [5.41, 5.74) is 0. The number of nitrogens with one attached hydrogen (secondary N) is 2. The predicted octanol–water partition coefficient (Wildman–Crippen LogP) is -1.38. The number of unbranched alkanes of at least 4 members (excludes halogenated alkanes) is 3. The molecule has 0 bridgehead atoms. The topological polar surface area (TPSA) is 130 Å². The molecule has 174 valence electrons. The molecule has 7 atom stereocenters. The number of hydrogen-bond acceptors (Lipinski definition) is 7. The van der Waals surface area contributed by atoms with Gasteiger partial charge in [0.05, 0.1) is 24.5 Å². The summed E-state index contributed by atoms with van der Waals surface area (Å²) in [6.07, 6.45) is 8.75. The van der Waals surface area contributed by atoms with Gasteiger partial charge in [0.1, 0.15) is 12.6 Å². The molecule has 0 aromatic rings. The second kappa shape index (κ2) is 13.4. The van der Waals surface area contributed by atoms with Gasteiger partial charge in [-0.25, -0.2) is 4.99 Å².